The van der Waals surface area contributed by atoms with Crippen LogP contribution in [0.25, 0.3) is 0 Å². The van der Waals surface area contributed by atoms with Gasteiger partial charge >= 0.3 is 0 Å². The largest absolute Gasteiger partial charge is 0.365 e. The Morgan fingerprint density at radius 3 is 2.54 bits per heavy atom. The summed E-state index contributed by atoms with van der Waals surface area (Å²) in [4.78, 5) is 11.6. The quantitative estimate of drug-likeness (QED) is 0.384. The van der Waals surface area contributed by atoms with Crippen LogP contribution in [0.4, 0.5) is 0 Å². The van der Waals surface area contributed by atoms with Crippen molar-refractivity contribution in [3.05, 3.63) is 22.6 Å². The highest BCUT2D eigenvalue weighted by Crippen LogP contribution is 2.09. The minimum absolute atomic E-state index is 0.153. The number of primary amides is 1. The Morgan fingerprint density at radius 2 is 2.23 bits per heavy atom. The zero-order valence-corrected chi connectivity index (χ0v) is 8.23. The summed E-state index contributed by atoms with van der Waals surface area (Å²) in [6, 6.07) is 0. The number of nitrogens with two attached hydrogens (primary N) is 2. The van der Waals surface area contributed by atoms with E-state index in [1.165, 1.54) is 17.8 Å². The van der Waals surface area contributed by atoms with Gasteiger partial charge in [-0.3, -0.25) is 4.79 Å². The third-order valence-corrected chi connectivity index (χ3v) is 2.15. The molecule has 3 nitrogen and oxygen atoms in total. The van der Waals surface area contributed by atoms with Gasteiger partial charge in [0.15, 0.2) is 0 Å². The summed E-state index contributed by atoms with van der Waals surface area (Å²) < 4.78 is 0. The van der Waals surface area contributed by atoms with Gasteiger partial charge in [-0.1, -0.05) is 5.92 Å². The highest BCUT2D eigenvalue weighted by Gasteiger charge is 1.98. The van der Waals surface area contributed by atoms with Gasteiger partial charge in [0, 0.05) is 6.54 Å². The highest BCUT2D eigenvalue weighted by molar-refractivity contribution is 8.02. The van der Waals surface area contributed by atoms with Crippen molar-refractivity contribution in [2.24, 2.45) is 11.5 Å². The summed E-state index contributed by atoms with van der Waals surface area (Å²) in [7, 11) is 0. The van der Waals surface area contributed by atoms with Crippen LogP contribution >= 0.6 is 11.8 Å². The van der Waals surface area contributed by atoms with Crippen molar-refractivity contribution in [2.75, 3.05) is 12.8 Å². The average molecular weight is 196 g/mol. The molecule has 70 valence electrons. The number of thioether (sulfide) groups is 1. The summed E-state index contributed by atoms with van der Waals surface area (Å²) in [5.41, 5.74) is 10.6. The number of carbonyl (C=O) groups is 1. The van der Waals surface area contributed by atoms with Crippen LogP contribution in [0.3, 0.4) is 0 Å². The molecule has 4 N–H and O–H groups in total. The van der Waals surface area contributed by atoms with E-state index in [9.17, 15) is 4.79 Å². The minimum Gasteiger partial charge on any atom is -0.365 e. The first-order valence-electron chi connectivity index (χ1n) is 3.57. The smallest absolute Gasteiger partial charge is 0.257 e. The van der Waals surface area contributed by atoms with Crippen molar-refractivity contribution < 1.29 is 4.79 Å². The van der Waals surface area contributed by atoms with Gasteiger partial charge in [0.2, 0.25) is 0 Å². The normalized spacial score (nSPS) is 12.4. The summed E-state index contributed by atoms with van der Waals surface area (Å²) in [5, 5.41) is 0. The number of allylic oxidation sites excluding steroid dienone is 2. The van der Waals surface area contributed by atoms with Crippen molar-refractivity contribution in [1.82, 2.24) is 0 Å². The Morgan fingerprint density at radius 1 is 1.62 bits per heavy atom. The molecule has 0 bridgehead atoms. The molecule has 0 unspecified atom stereocenters. The fourth-order valence-corrected chi connectivity index (χ4v) is 0.968. The van der Waals surface area contributed by atoms with Crippen molar-refractivity contribution >= 4 is 17.7 Å². The first-order chi connectivity index (χ1) is 6.15. The van der Waals surface area contributed by atoms with Gasteiger partial charge in [0.25, 0.3) is 5.91 Å². The molecule has 0 heterocycles. The predicted octanol–water partition coefficient (Wildman–Crippen LogP) is 0.237. The lowest BCUT2D eigenvalue weighted by atomic mass is 10.2. The van der Waals surface area contributed by atoms with Crippen molar-refractivity contribution in [3.8, 4) is 12.3 Å². The molecule has 0 aliphatic heterocycles. The first-order valence-corrected chi connectivity index (χ1v) is 4.79. The lowest BCUT2D eigenvalue weighted by Gasteiger charge is -1.96. The van der Waals surface area contributed by atoms with E-state index in [4.69, 9.17) is 17.9 Å². The van der Waals surface area contributed by atoms with Gasteiger partial charge in [0.05, 0.1) is 5.57 Å². The third-order valence-electron chi connectivity index (χ3n) is 1.32. The van der Waals surface area contributed by atoms with Crippen LogP contribution in [-0.2, 0) is 4.79 Å². The Labute approximate surface area is 82.2 Å². The molecule has 0 aliphatic carbocycles. The van der Waals surface area contributed by atoms with Gasteiger partial charge < -0.3 is 11.5 Å². The van der Waals surface area contributed by atoms with Crippen molar-refractivity contribution in [2.45, 2.75) is 0 Å². The molecule has 0 aromatic rings. The molecule has 0 saturated carbocycles. The van der Waals surface area contributed by atoms with E-state index in [2.05, 4.69) is 5.92 Å². The Balaban J connectivity index is 4.64. The number of amides is 1. The molecular weight excluding hydrogens is 184 g/mol. The second-order valence-electron chi connectivity index (χ2n) is 2.13. The number of carbonyl (C=O) groups excluding carboxylic acids is 1. The molecule has 4 heteroatoms. The van der Waals surface area contributed by atoms with Gasteiger partial charge in [-0.2, -0.15) is 0 Å². The van der Waals surface area contributed by atoms with Crippen molar-refractivity contribution in [1.29, 1.82) is 0 Å². The van der Waals surface area contributed by atoms with E-state index in [0.29, 0.717) is 6.54 Å². The fourth-order valence-electron chi connectivity index (χ4n) is 0.597. The Bertz CT molecular complexity index is 280. The van der Waals surface area contributed by atoms with Gasteiger partial charge in [-0.05, 0) is 23.3 Å². The average Bonchev–Trinajstić information content (AvgIpc) is 2.12. The number of hydrogen-bond acceptors (Lipinski definition) is 3. The molecule has 0 fully saturated rings. The Hall–Kier alpha value is -1.18. The topological polar surface area (TPSA) is 69.1 Å². The summed E-state index contributed by atoms with van der Waals surface area (Å²) >= 11 is 1.50. The Kier molecular flexibility index (Phi) is 5.77. The van der Waals surface area contributed by atoms with Crippen LogP contribution in [0, 0.1) is 12.3 Å². The fraction of sp³-hybridized carbons (Fsp3) is 0.222. The molecule has 0 atom stereocenters. The molecule has 13 heavy (non-hydrogen) atoms. The molecule has 0 aliphatic rings. The third kappa shape index (κ3) is 4.41. The molecule has 0 saturated heterocycles. The van der Waals surface area contributed by atoms with E-state index >= 15 is 0 Å². The monoisotopic (exact) mass is 196 g/mol. The standard InChI is InChI=1S/C9H12N2OS/c1-3-7(9(11)12)4-5-8(6-10)13-2/h1,4-5H,6,10H2,2H3,(H2,11,12)/b7-4+,8-5+. The molecule has 0 aromatic heterocycles. The molecule has 0 radical (unpaired) electrons. The van der Waals surface area contributed by atoms with Crippen molar-refractivity contribution in [3.63, 3.8) is 0 Å². The summed E-state index contributed by atoms with van der Waals surface area (Å²) in [6.07, 6.45) is 10.2. The van der Waals surface area contributed by atoms with E-state index in [1.807, 2.05) is 6.26 Å². The maximum Gasteiger partial charge on any atom is 0.257 e. The van der Waals surface area contributed by atoms with Crippen LogP contribution in [-0.4, -0.2) is 18.7 Å². The van der Waals surface area contributed by atoms with Gasteiger partial charge in [0.1, 0.15) is 0 Å². The molecule has 0 rings (SSSR count). The van der Waals surface area contributed by atoms with E-state index in [1.54, 1.807) is 6.08 Å². The summed E-state index contributed by atoms with van der Waals surface area (Å²) in [5.74, 6) is 1.60. The van der Waals surface area contributed by atoms with Gasteiger partial charge in [-0.25, -0.2) is 0 Å². The zero-order chi connectivity index (χ0) is 10.3. The van der Waals surface area contributed by atoms with Crippen LogP contribution in [0.5, 0.6) is 0 Å². The summed E-state index contributed by atoms with van der Waals surface area (Å²) in [6.45, 7) is 0.425. The van der Waals surface area contributed by atoms with E-state index in [-0.39, 0.29) is 5.57 Å². The van der Waals surface area contributed by atoms with Crippen LogP contribution in [0.2, 0.25) is 0 Å². The maximum absolute atomic E-state index is 10.7. The molecule has 0 spiro atoms. The second kappa shape index (κ2) is 6.35. The van der Waals surface area contributed by atoms with Crippen LogP contribution in [0.1, 0.15) is 0 Å². The minimum atomic E-state index is -0.601. The highest BCUT2D eigenvalue weighted by atomic mass is 32.2. The molecule has 0 aromatic carbocycles. The first kappa shape index (κ1) is 11.8. The second-order valence-corrected chi connectivity index (χ2v) is 3.06. The van der Waals surface area contributed by atoms with Crippen LogP contribution in [0.15, 0.2) is 22.6 Å². The number of hydrogen-bond donors (Lipinski definition) is 2. The predicted molar refractivity (Wildman–Crippen MR) is 56.8 cm³/mol. The number of terminal acetylenes is 1. The van der Waals surface area contributed by atoms with E-state index < -0.39 is 5.91 Å². The molecule has 1 amide bonds. The molecular formula is C9H12N2OS. The van der Waals surface area contributed by atoms with Crippen LogP contribution < -0.4 is 11.5 Å². The number of rotatable bonds is 4. The lowest BCUT2D eigenvalue weighted by molar-refractivity contribution is -0.114. The van der Waals surface area contributed by atoms with E-state index in [0.717, 1.165) is 4.91 Å². The lowest BCUT2D eigenvalue weighted by Crippen LogP contribution is -2.12. The zero-order valence-electron chi connectivity index (χ0n) is 7.41. The van der Waals surface area contributed by atoms with Gasteiger partial charge in [-0.15, -0.1) is 18.2 Å². The maximum atomic E-state index is 10.7. The SMILES string of the molecule is C#C/C(=C\C=C(/CN)SC)C(N)=O.